The van der Waals surface area contributed by atoms with E-state index >= 15 is 0 Å². The number of rotatable bonds is 7. The van der Waals surface area contributed by atoms with Gasteiger partial charge in [0, 0.05) is 18.7 Å². The number of hydrogen-bond donors (Lipinski definition) is 2. The zero-order chi connectivity index (χ0) is 11.1. The molecule has 1 aromatic rings. The van der Waals surface area contributed by atoms with Crippen LogP contribution in [0.2, 0.25) is 0 Å². The lowest BCUT2D eigenvalue weighted by molar-refractivity contribution is 0.148. The van der Waals surface area contributed by atoms with Gasteiger partial charge in [-0.3, -0.25) is 0 Å². The molecule has 0 bridgehead atoms. The predicted octanol–water partition coefficient (Wildman–Crippen LogP) is 2.17. The summed E-state index contributed by atoms with van der Waals surface area (Å²) in [6.07, 6.45) is 5.57. The lowest BCUT2D eigenvalue weighted by Gasteiger charge is -2.21. The zero-order valence-electron chi connectivity index (χ0n) is 9.62. The Morgan fingerprint density at radius 2 is 2.27 bits per heavy atom. The molecule has 1 rings (SSSR count). The normalized spacial score (nSPS) is 11.9. The quantitative estimate of drug-likeness (QED) is 0.679. The molecule has 0 radical (unpaired) electrons. The van der Waals surface area contributed by atoms with Crippen LogP contribution in [0.1, 0.15) is 32.3 Å². The van der Waals surface area contributed by atoms with Crippen molar-refractivity contribution in [1.29, 1.82) is 0 Å². The van der Waals surface area contributed by atoms with Crippen molar-refractivity contribution in [3.8, 4) is 0 Å². The van der Waals surface area contributed by atoms with Gasteiger partial charge in [0.25, 0.3) is 0 Å². The van der Waals surface area contributed by atoms with E-state index < -0.39 is 0 Å². The largest absolute Gasteiger partial charge is 0.472 e. The van der Waals surface area contributed by atoms with E-state index in [4.69, 9.17) is 9.52 Å². The monoisotopic (exact) mass is 211 g/mol. The van der Waals surface area contributed by atoms with Crippen LogP contribution in [-0.2, 0) is 6.54 Å². The van der Waals surface area contributed by atoms with E-state index in [1.54, 1.807) is 12.5 Å². The van der Waals surface area contributed by atoms with Gasteiger partial charge >= 0.3 is 0 Å². The average molecular weight is 211 g/mol. The zero-order valence-corrected chi connectivity index (χ0v) is 9.62. The Morgan fingerprint density at radius 3 is 2.87 bits per heavy atom. The van der Waals surface area contributed by atoms with Crippen molar-refractivity contribution in [1.82, 2.24) is 5.32 Å². The number of nitrogens with one attached hydrogen (secondary N) is 1. The molecule has 0 atom stereocenters. The third kappa shape index (κ3) is 5.00. The van der Waals surface area contributed by atoms with Crippen LogP contribution < -0.4 is 5.32 Å². The van der Waals surface area contributed by atoms with Gasteiger partial charge in [0.15, 0.2) is 0 Å². The van der Waals surface area contributed by atoms with Crippen LogP contribution in [-0.4, -0.2) is 18.3 Å². The third-order valence-corrected chi connectivity index (χ3v) is 2.54. The molecule has 0 saturated carbocycles. The van der Waals surface area contributed by atoms with Gasteiger partial charge in [-0.05, 0) is 30.9 Å². The van der Waals surface area contributed by atoms with Gasteiger partial charge in [0.2, 0.25) is 0 Å². The number of aliphatic hydroxyl groups excluding tert-OH is 1. The Kier molecular flexibility index (Phi) is 4.85. The molecule has 15 heavy (non-hydrogen) atoms. The molecule has 0 spiro atoms. The van der Waals surface area contributed by atoms with E-state index in [9.17, 15) is 0 Å². The Bertz CT molecular complexity index is 255. The molecule has 0 aliphatic carbocycles. The highest BCUT2D eigenvalue weighted by Gasteiger charge is 2.14. The first kappa shape index (κ1) is 12.3. The molecular weight excluding hydrogens is 190 g/mol. The maximum absolute atomic E-state index is 9.07. The highest BCUT2D eigenvalue weighted by Crippen LogP contribution is 2.20. The van der Waals surface area contributed by atoms with Crippen LogP contribution in [0.4, 0.5) is 0 Å². The van der Waals surface area contributed by atoms with E-state index in [0.29, 0.717) is 0 Å². The van der Waals surface area contributed by atoms with Crippen molar-refractivity contribution in [2.75, 3.05) is 13.2 Å². The molecule has 3 nitrogen and oxygen atoms in total. The maximum atomic E-state index is 9.07. The van der Waals surface area contributed by atoms with E-state index in [0.717, 1.165) is 25.9 Å². The summed E-state index contributed by atoms with van der Waals surface area (Å²) in [7, 11) is 0. The smallest absolute Gasteiger partial charge is 0.0947 e. The summed E-state index contributed by atoms with van der Waals surface area (Å²) in [4.78, 5) is 0. The Labute approximate surface area is 91.5 Å². The molecule has 0 amide bonds. The molecule has 0 unspecified atom stereocenters. The summed E-state index contributed by atoms with van der Waals surface area (Å²) in [5.74, 6) is 0. The first-order valence-corrected chi connectivity index (χ1v) is 5.47. The summed E-state index contributed by atoms with van der Waals surface area (Å²) >= 11 is 0. The summed E-state index contributed by atoms with van der Waals surface area (Å²) in [5, 5.41) is 12.4. The van der Waals surface area contributed by atoms with E-state index in [2.05, 4.69) is 19.2 Å². The summed E-state index contributed by atoms with van der Waals surface area (Å²) in [5.41, 5.74) is 1.23. The fourth-order valence-corrected chi connectivity index (χ4v) is 1.40. The number of aliphatic hydroxyl groups is 1. The fourth-order valence-electron chi connectivity index (χ4n) is 1.40. The molecule has 0 fully saturated rings. The van der Waals surface area contributed by atoms with Crippen LogP contribution in [0.5, 0.6) is 0 Å². The summed E-state index contributed by atoms with van der Waals surface area (Å²) in [6, 6.07) is 1.96. The standard InChI is InChI=1S/C12H21NO2/c1-12(2,10-14)5-3-6-13-8-11-4-7-15-9-11/h4,7,9,13-14H,3,5-6,8,10H2,1-2H3. The van der Waals surface area contributed by atoms with E-state index in [1.165, 1.54) is 5.56 Å². The van der Waals surface area contributed by atoms with Gasteiger partial charge in [-0.25, -0.2) is 0 Å². The van der Waals surface area contributed by atoms with Crippen LogP contribution >= 0.6 is 0 Å². The number of hydrogen-bond acceptors (Lipinski definition) is 3. The lowest BCUT2D eigenvalue weighted by atomic mass is 9.89. The minimum atomic E-state index is 0.0529. The first-order chi connectivity index (χ1) is 7.14. The molecule has 1 heterocycles. The summed E-state index contributed by atoms with van der Waals surface area (Å²) < 4.78 is 4.97. The number of furan rings is 1. The molecule has 3 heteroatoms. The van der Waals surface area contributed by atoms with Gasteiger partial charge in [0.05, 0.1) is 12.5 Å². The Hall–Kier alpha value is -0.800. The van der Waals surface area contributed by atoms with Crippen molar-refractivity contribution in [2.24, 2.45) is 5.41 Å². The van der Waals surface area contributed by atoms with E-state index in [-0.39, 0.29) is 12.0 Å². The Morgan fingerprint density at radius 1 is 1.47 bits per heavy atom. The van der Waals surface area contributed by atoms with Gasteiger partial charge < -0.3 is 14.8 Å². The minimum absolute atomic E-state index is 0.0529. The van der Waals surface area contributed by atoms with Gasteiger partial charge in [0.1, 0.15) is 0 Å². The van der Waals surface area contributed by atoms with Gasteiger partial charge in [-0.15, -0.1) is 0 Å². The minimum Gasteiger partial charge on any atom is -0.472 e. The topological polar surface area (TPSA) is 45.4 Å². The van der Waals surface area contributed by atoms with Crippen LogP contribution in [0, 0.1) is 5.41 Å². The third-order valence-electron chi connectivity index (χ3n) is 2.54. The van der Waals surface area contributed by atoms with Crippen molar-refractivity contribution >= 4 is 0 Å². The lowest BCUT2D eigenvalue weighted by Crippen LogP contribution is -2.20. The molecule has 0 aliphatic rings. The highest BCUT2D eigenvalue weighted by molar-refractivity contribution is 5.04. The predicted molar refractivity (Wildman–Crippen MR) is 60.5 cm³/mol. The van der Waals surface area contributed by atoms with Crippen LogP contribution in [0.3, 0.4) is 0 Å². The van der Waals surface area contributed by atoms with Gasteiger partial charge in [-0.1, -0.05) is 13.8 Å². The molecular formula is C12H21NO2. The molecule has 86 valence electrons. The Balaban J connectivity index is 2.03. The molecule has 1 aromatic heterocycles. The van der Waals surface area contributed by atoms with E-state index in [1.807, 2.05) is 6.07 Å². The molecule has 0 aliphatic heterocycles. The second-order valence-corrected chi connectivity index (χ2v) is 4.73. The molecule has 2 N–H and O–H groups in total. The van der Waals surface area contributed by atoms with Crippen molar-refractivity contribution in [2.45, 2.75) is 33.2 Å². The summed E-state index contributed by atoms with van der Waals surface area (Å²) in [6.45, 7) is 6.27. The highest BCUT2D eigenvalue weighted by atomic mass is 16.3. The second kappa shape index (κ2) is 5.93. The van der Waals surface area contributed by atoms with Crippen molar-refractivity contribution in [3.63, 3.8) is 0 Å². The molecule has 0 saturated heterocycles. The SMILES string of the molecule is CC(C)(CO)CCCNCc1ccoc1. The molecule has 0 aromatic carbocycles. The van der Waals surface area contributed by atoms with Crippen LogP contribution in [0.15, 0.2) is 23.0 Å². The fraction of sp³-hybridized carbons (Fsp3) is 0.667. The maximum Gasteiger partial charge on any atom is 0.0947 e. The van der Waals surface area contributed by atoms with Crippen molar-refractivity contribution in [3.05, 3.63) is 24.2 Å². The van der Waals surface area contributed by atoms with Crippen molar-refractivity contribution < 1.29 is 9.52 Å². The second-order valence-electron chi connectivity index (χ2n) is 4.73. The average Bonchev–Trinajstić information content (AvgIpc) is 2.70. The van der Waals surface area contributed by atoms with Gasteiger partial charge in [-0.2, -0.15) is 0 Å². The van der Waals surface area contributed by atoms with Crippen LogP contribution in [0.25, 0.3) is 0 Å². The first-order valence-electron chi connectivity index (χ1n) is 5.47.